The zero-order chi connectivity index (χ0) is 12.8. The van der Waals surface area contributed by atoms with Crippen LogP contribution >= 0.6 is 15.9 Å². The molecule has 17 heavy (non-hydrogen) atoms. The standard InChI is InChI=1S/C12H17BrN2O2/c1-8-7-10(3-4-11(8)13)15-12(17)14-6-5-9(2)16/h3-4,7,9,16H,5-6H2,1-2H3,(H2,14,15,17). The lowest BCUT2D eigenvalue weighted by molar-refractivity contribution is 0.184. The number of aliphatic hydroxyl groups excluding tert-OH is 1. The zero-order valence-electron chi connectivity index (χ0n) is 9.96. The van der Waals surface area contributed by atoms with Gasteiger partial charge in [0.2, 0.25) is 0 Å². The van der Waals surface area contributed by atoms with Gasteiger partial charge in [-0.2, -0.15) is 0 Å². The molecule has 0 bridgehead atoms. The number of hydrogen-bond donors (Lipinski definition) is 3. The molecule has 1 atom stereocenters. The molecule has 0 spiro atoms. The average Bonchev–Trinajstić information content (AvgIpc) is 2.23. The fourth-order valence-electron chi connectivity index (χ4n) is 1.29. The molecule has 0 aromatic heterocycles. The fourth-order valence-corrected chi connectivity index (χ4v) is 1.54. The molecule has 0 saturated heterocycles. The van der Waals surface area contributed by atoms with Gasteiger partial charge in [-0.1, -0.05) is 15.9 Å². The van der Waals surface area contributed by atoms with E-state index in [1.165, 1.54) is 0 Å². The van der Waals surface area contributed by atoms with Crippen molar-refractivity contribution in [2.45, 2.75) is 26.4 Å². The maximum atomic E-state index is 11.5. The minimum absolute atomic E-state index is 0.257. The Morgan fingerprint density at radius 1 is 1.53 bits per heavy atom. The molecule has 1 aromatic rings. The van der Waals surface area contributed by atoms with Gasteiger partial charge in [-0.15, -0.1) is 0 Å². The number of benzene rings is 1. The highest BCUT2D eigenvalue weighted by Gasteiger charge is 2.03. The van der Waals surface area contributed by atoms with Gasteiger partial charge in [-0.25, -0.2) is 4.79 Å². The lowest BCUT2D eigenvalue weighted by Gasteiger charge is -2.09. The normalized spacial score (nSPS) is 12.0. The summed E-state index contributed by atoms with van der Waals surface area (Å²) in [6.45, 7) is 4.11. The molecule has 1 unspecified atom stereocenters. The fraction of sp³-hybridized carbons (Fsp3) is 0.417. The number of rotatable bonds is 4. The number of carbonyl (C=O) groups excluding carboxylic acids is 1. The number of urea groups is 1. The molecule has 0 saturated carbocycles. The van der Waals surface area contributed by atoms with Crippen molar-refractivity contribution in [1.82, 2.24) is 5.32 Å². The number of hydrogen-bond acceptors (Lipinski definition) is 2. The average molecular weight is 301 g/mol. The maximum absolute atomic E-state index is 11.5. The Bertz CT molecular complexity index is 394. The third-order valence-electron chi connectivity index (χ3n) is 2.26. The van der Waals surface area contributed by atoms with E-state index in [2.05, 4.69) is 26.6 Å². The van der Waals surface area contributed by atoms with E-state index in [0.29, 0.717) is 13.0 Å². The topological polar surface area (TPSA) is 61.4 Å². The first-order chi connectivity index (χ1) is 7.99. The summed E-state index contributed by atoms with van der Waals surface area (Å²) in [5, 5.41) is 14.5. The summed E-state index contributed by atoms with van der Waals surface area (Å²) in [6, 6.07) is 5.34. The zero-order valence-corrected chi connectivity index (χ0v) is 11.5. The lowest BCUT2D eigenvalue weighted by atomic mass is 10.2. The van der Waals surface area contributed by atoms with Crippen LogP contribution in [0.1, 0.15) is 18.9 Å². The molecule has 0 aliphatic rings. The SMILES string of the molecule is Cc1cc(NC(=O)NCCC(C)O)ccc1Br. The number of anilines is 1. The number of halogens is 1. The van der Waals surface area contributed by atoms with Crippen molar-refractivity contribution in [3.8, 4) is 0 Å². The van der Waals surface area contributed by atoms with Crippen molar-refractivity contribution in [2.75, 3.05) is 11.9 Å². The highest BCUT2D eigenvalue weighted by Crippen LogP contribution is 2.19. The third kappa shape index (κ3) is 5.19. The number of carbonyl (C=O) groups is 1. The number of amides is 2. The first-order valence-corrected chi connectivity index (χ1v) is 6.27. The highest BCUT2D eigenvalue weighted by atomic mass is 79.9. The van der Waals surface area contributed by atoms with Gasteiger partial charge in [0, 0.05) is 16.7 Å². The minimum Gasteiger partial charge on any atom is -0.393 e. The van der Waals surface area contributed by atoms with Gasteiger partial charge in [0.05, 0.1) is 6.10 Å². The van der Waals surface area contributed by atoms with Crippen molar-refractivity contribution in [3.63, 3.8) is 0 Å². The van der Waals surface area contributed by atoms with Crippen LogP contribution in [0.2, 0.25) is 0 Å². The van der Waals surface area contributed by atoms with E-state index in [1.807, 2.05) is 25.1 Å². The Morgan fingerprint density at radius 3 is 2.82 bits per heavy atom. The van der Waals surface area contributed by atoms with Crippen molar-refractivity contribution < 1.29 is 9.90 Å². The van der Waals surface area contributed by atoms with Gasteiger partial charge in [0.1, 0.15) is 0 Å². The summed E-state index contributed by atoms with van der Waals surface area (Å²) >= 11 is 3.40. The molecule has 1 aromatic carbocycles. The van der Waals surface area contributed by atoms with Crippen molar-refractivity contribution >= 4 is 27.6 Å². The van der Waals surface area contributed by atoms with E-state index < -0.39 is 6.10 Å². The monoisotopic (exact) mass is 300 g/mol. The van der Waals surface area contributed by atoms with Crippen LogP contribution in [0.15, 0.2) is 22.7 Å². The first kappa shape index (κ1) is 14.0. The van der Waals surface area contributed by atoms with Crippen LogP contribution in [0.3, 0.4) is 0 Å². The van der Waals surface area contributed by atoms with E-state index in [1.54, 1.807) is 6.92 Å². The summed E-state index contributed by atoms with van der Waals surface area (Å²) in [5.74, 6) is 0. The molecule has 2 amide bonds. The van der Waals surface area contributed by atoms with E-state index in [0.717, 1.165) is 15.7 Å². The summed E-state index contributed by atoms with van der Waals surface area (Å²) in [7, 11) is 0. The Labute approximate surface area is 110 Å². The Kier molecular flexibility index (Phi) is 5.44. The smallest absolute Gasteiger partial charge is 0.319 e. The predicted molar refractivity (Wildman–Crippen MR) is 72.2 cm³/mol. The van der Waals surface area contributed by atoms with Gasteiger partial charge in [0.15, 0.2) is 0 Å². The number of nitrogens with one attached hydrogen (secondary N) is 2. The first-order valence-electron chi connectivity index (χ1n) is 5.48. The summed E-state index contributed by atoms with van der Waals surface area (Å²) in [4.78, 5) is 11.5. The molecule has 0 fully saturated rings. The van der Waals surface area contributed by atoms with Crippen molar-refractivity contribution in [2.24, 2.45) is 0 Å². The molecular formula is C12H17BrN2O2. The van der Waals surface area contributed by atoms with Gasteiger partial charge >= 0.3 is 6.03 Å². The van der Waals surface area contributed by atoms with Crippen LogP contribution < -0.4 is 10.6 Å². The molecule has 3 N–H and O–H groups in total. The lowest BCUT2D eigenvalue weighted by Crippen LogP contribution is -2.30. The largest absolute Gasteiger partial charge is 0.393 e. The summed E-state index contributed by atoms with van der Waals surface area (Å²) in [6.07, 6.45) is 0.150. The second kappa shape index (κ2) is 6.61. The highest BCUT2D eigenvalue weighted by molar-refractivity contribution is 9.10. The molecule has 4 nitrogen and oxygen atoms in total. The van der Waals surface area contributed by atoms with Crippen LogP contribution in [-0.2, 0) is 0 Å². The Morgan fingerprint density at radius 2 is 2.24 bits per heavy atom. The van der Waals surface area contributed by atoms with Gasteiger partial charge in [0.25, 0.3) is 0 Å². The molecular weight excluding hydrogens is 284 g/mol. The van der Waals surface area contributed by atoms with Crippen LogP contribution in [0.25, 0.3) is 0 Å². The van der Waals surface area contributed by atoms with Gasteiger partial charge in [-0.3, -0.25) is 0 Å². The van der Waals surface area contributed by atoms with E-state index in [4.69, 9.17) is 5.11 Å². The minimum atomic E-state index is -0.398. The summed E-state index contributed by atoms with van der Waals surface area (Å²) in [5.41, 5.74) is 1.81. The third-order valence-corrected chi connectivity index (χ3v) is 3.15. The predicted octanol–water partition coefficient (Wildman–Crippen LogP) is 2.65. The summed E-state index contributed by atoms with van der Waals surface area (Å²) < 4.78 is 1.01. The number of aliphatic hydroxyl groups is 1. The van der Waals surface area contributed by atoms with E-state index >= 15 is 0 Å². The van der Waals surface area contributed by atoms with Crippen LogP contribution in [0.4, 0.5) is 10.5 Å². The van der Waals surface area contributed by atoms with Gasteiger partial charge in [-0.05, 0) is 44.0 Å². The Hall–Kier alpha value is -1.07. The van der Waals surface area contributed by atoms with E-state index in [-0.39, 0.29) is 6.03 Å². The van der Waals surface area contributed by atoms with E-state index in [9.17, 15) is 4.79 Å². The maximum Gasteiger partial charge on any atom is 0.319 e. The van der Waals surface area contributed by atoms with Crippen molar-refractivity contribution in [3.05, 3.63) is 28.2 Å². The second-order valence-electron chi connectivity index (χ2n) is 3.98. The molecule has 94 valence electrons. The molecule has 5 heteroatoms. The van der Waals surface area contributed by atoms with Crippen LogP contribution in [0, 0.1) is 6.92 Å². The molecule has 0 heterocycles. The van der Waals surface area contributed by atoms with Crippen molar-refractivity contribution in [1.29, 1.82) is 0 Å². The Balaban J connectivity index is 2.42. The molecule has 1 rings (SSSR count). The second-order valence-corrected chi connectivity index (χ2v) is 4.84. The number of aryl methyl sites for hydroxylation is 1. The van der Waals surface area contributed by atoms with Crippen LogP contribution in [0.5, 0.6) is 0 Å². The molecule has 0 radical (unpaired) electrons. The van der Waals surface area contributed by atoms with Gasteiger partial charge < -0.3 is 15.7 Å². The quantitative estimate of drug-likeness (QED) is 0.800. The molecule has 0 aliphatic heterocycles. The molecule has 0 aliphatic carbocycles. The van der Waals surface area contributed by atoms with Crippen LogP contribution in [-0.4, -0.2) is 23.8 Å².